The molecule has 0 radical (unpaired) electrons. The molecule has 0 aliphatic carbocycles. The first-order valence-corrected chi connectivity index (χ1v) is 7.36. The van der Waals surface area contributed by atoms with Gasteiger partial charge in [-0.1, -0.05) is 60.7 Å². The van der Waals surface area contributed by atoms with Crippen molar-refractivity contribution >= 4 is 23.0 Å². The first-order valence-electron chi connectivity index (χ1n) is 6.95. The average Bonchev–Trinajstić information content (AvgIpc) is 2.52. The molecule has 0 saturated carbocycles. The predicted molar refractivity (Wildman–Crippen MR) is 94.5 cm³/mol. The average molecular weight is 296 g/mol. The van der Waals surface area contributed by atoms with Crippen LogP contribution in [0.1, 0.15) is 12.5 Å². The Hall–Kier alpha value is -2.13. The lowest BCUT2D eigenvalue weighted by Crippen LogP contribution is -2.40. The first kappa shape index (κ1) is 15.3. The molecule has 0 amide bonds. The molecule has 0 aliphatic heterocycles. The second kappa shape index (κ2) is 7.60. The smallest absolute Gasteiger partial charge is 0.174 e. The monoisotopic (exact) mass is 296 g/mol. The van der Waals surface area contributed by atoms with Crippen molar-refractivity contribution in [1.82, 2.24) is 5.32 Å². The van der Waals surface area contributed by atoms with E-state index in [1.807, 2.05) is 43.3 Å². The largest absolute Gasteiger partial charge is 0.359 e. The Bertz CT molecular complexity index is 593. The summed E-state index contributed by atoms with van der Waals surface area (Å²) in [4.78, 5) is 2.10. The van der Waals surface area contributed by atoms with E-state index < -0.39 is 0 Å². The molecule has 2 aromatic carbocycles. The Morgan fingerprint density at radius 2 is 1.62 bits per heavy atom. The van der Waals surface area contributed by atoms with Crippen molar-refractivity contribution in [3.05, 3.63) is 78.4 Å². The molecule has 0 aliphatic rings. The van der Waals surface area contributed by atoms with Crippen molar-refractivity contribution in [2.75, 3.05) is 11.4 Å². The van der Waals surface area contributed by atoms with Gasteiger partial charge in [0.25, 0.3) is 0 Å². The summed E-state index contributed by atoms with van der Waals surface area (Å²) in [6.45, 7) is 7.32. The highest BCUT2D eigenvalue weighted by molar-refractivity contribution is 7.80. The standard InChI is InChI=1S/C18H20N2S/c1-15(2)13-19-18(21)20(17-11-7-4-8-12-17)14-16-9-5-3-6-10-16/h3-12H,1,13-14H2,2H3,(H,19,21). The van der Waals surface area contributed by atoms with Gasteiger partial charge in [-0.05, 0) is 36.8 Å². The second-order valence-electron chi connectivity index (χ2n) is 5.02. The number of nitrogens with zero attached hydrogens (tertiary/aromatic N) is 1. The molecular weight excluding hydrogens is 276 g/mol. The topological polar surface area (TPSA) is 15.3 Å². The molecule has 0 unspecified atom stereocenters. The number of hydrogen-bond donors (Lipinski definition) is 1. The maximum Gasteiger partial charge on any atom is 0.174 e. The van der Waals surface area contributed by atoms with Crippen LogP contribution in [0.15, 0.2) is 72.8 Å². The fourth-order valence-electron chi connectivity index (χ4n) is 1.98. The van der Waals surface area contributed by atoms with Gasteiger partial charge in [0.05, 0.1) is 6.54 Å². The van der Waals surface area contributed by atoms with Gasteiger partial charge in [0, 0.05) is 12.2 Å². The van der Waals surface area contributed by atoms with E-state index in [4.69, 9.17) is 12.2 Å². The number of para-hydroxylation sites is 1. The van der Waals surface area contributed by atoms with E-state index in [1.54, 1.807) is 0 Å². The van der Waals surface area contributed by atoms with Gasteiger partial charge < -0.3 is 10.2 Å². The van der Waals surface area contributed by atoms with Gasteiger partial charge in [-0.2, -0.15) is 0 Å². The van der Waals surface area contributed by atoms with Crippen LogP contribution in [-0.2, 0) is 6.54 Å². The minimum atomic E-state index is 0.691. The molecule has 2 rings (SSSR count). The van der Waals surface area contributed by atoms with Crippen molar-refractivity contribution in [3.8, 4) is 0 Å². The summed E-state index contributed by atoms with van der Waals surface area (Å²) in [5.74, 6) is 0. The zero-order valence-corrected chi connectivity index (χ0v) is 13.1. The van der Waals surface area contributed by atoms with Crippen LogP contribution in [0.3, 0.4) is 0 Å². The lowest BCUT2D eigenvalue weighted by Gasteiger charge is -2.26. The lowest BCUT2D eigenvalue weighted by atomic mass is 10.2. The van der Waals surface area contributed by atoms with Gasteiger partial charge in [-0.15, -0.1) is 0 Å². The third-order valence-corrected chi connectivity index (χ3v) is 3.40. The van der Waals surface area contributed by atoms with Crippen LogP contribution in [0, 0.1) is 0 Å². The van der Waals surface area contributed by atoms with Crippen LogP contribution >= 0.6 is 12.2 Å². The molecule has 21 heavy (non-hydrogen) atoms. The van der Waals surface area contributed by atoms with Crippen molar-refractivity contribution in [3.63, 3.8) is 0 Å². The first-order chi connectivity index (χ1) is 10.2. The van der Waals surface area contributed by atoms with E-state index in [2.05, 4.69) is 41.1 Å². The molecule has 0 saturated heterocycles. The summed E-state index contributed by atoms with van der Waals surface area (Å²) in [7, 11) is 0. The van der Waals surface area contributed by atoms with Gasteiger partial charge in [0.2, 0.25) is 0 Å². The molecule has 0 heterocycles. The molecule has 0 aromatic heterocycles. The van der Waals surface area contributed by atoms with E-state index in [9.17, 15) is 0 Å². The maximum absolute atomic E-state index is 5.55. The Morgan fingerprint density at radius 1 is 1.05 bits per heavy atom. The normalized spacial score (nSPS) is 9.95. The number of benzene rings is 2. The summed E-state index contributed by atoms with van der Waals surface area (Å²) < 4.78 is 0. The molecule has 0 spiro atoms. The van der Waals surface area contributed by atoms with Gasteiger partial charge in [-0.3, -0.25) is 0 Å². The van der Waals surface area contributed by atoms with Crippen molar-refractivity contribution in [1.29, 1.82) is 0 Å². The number of thiocarbonyl (C=S) groups is 1. The summed E-state index contributed by atoms with van der Waals surface area (Å²) in [6.07, 6.45) is 0. The van der Waals surface area contributed by atoms with Gasteiger partial charge in [-0.25, -0.2) is 0 Å². The molecule has 2 nitrogen and oxygen atoms in total. The van der Waals surface area contributed by atoms with E-state index in [0.29, 0.717) is 11.7 Å². The minimum Gasteiger partial charge on any atom is -0.359 e. The summed E-state index contributed by atoms with van der Waals surface area (Å²) in [5, 5.41) is 3.97. The van der Waals surface area contributed by atoms with Crippen molar-refractivity contribution in [2.45, 2.75) is 13.5 Å². The number of rotatable bonds is 5. The van der Waals surface area contributed by atoms with Crippen LogP contribution in [-0.4, -0.2) is 11.7 Å². The highest BCUT2D eigenvalue weighted by Crippen LogP contribution is 2.17. The Morgan fingerprint density at radius 3 is 2.19 bits per heavy atom. The quantitative estimate of drug-likeness (QED) is 0.659. The highest BCUT2D eigenvalue weighted by Gasteiger charge is 2.12. The van der Waals surface area contributed by atoms with Crippen molar-refractivity contribution in [2.24, 2.45) is 0 Å². The summed E-state index contributed by atoms with van der Waals surface area (Å²) in [6, 6.07) is 20.5. The zero-order valence-electron chi connectivity index (χ0n) is 12.3. The van der Waals surface area contributed by atoms with Crippen LogP contribution in [0.25, 0.3) is 0 Å². The van der Waals surface area contributed by atoms with Crippen LogP contribution in [0.2, 0.25) is 0 Å². The highest BCUT2D eigenvalue weighted by atomic mass is 32.1. The molecule has 2 aromatic rings. The van der Waals surface area contributed by atoms with Crippen molar-refractivity contribution < 1.29 is 0 Å². The van der Waals surface area contributed by atoms with E-state index in [-0.39, 0.29) is 0 Å². The number of hydrogen-bond acceptors (Lipinski definition) is 1. The SMILES string of the molecule is C=C(C)CNC(=S)N(Cc1ccccc1)c1ccccc1. The molecule has 0 bridgehead atoms. The summed E-state index contributed by atoms with van der Waals surface area (Å²) in [5.41, 5.74) is 3.37. The second-order valence-corrected chi connectivity index (χ2v) is 5.41. The van der Waals surface area contributed by atoms with Crippen LogP contribution < -0.4 is 10.2 Å². The molecular formula is C18H20N2S. The van der Waals surface area contributed by atoms with Gasteiger partial charge in [0.1, 0.15) is 0 Å². The van der Waals surface area contributed by atoms with Gasteiger partial charge >= 0.3 is 0 Å². The fraction of sp³-hybridized carbons (Fsp3) is 0.167. The van der Waals surface area contributed by atoms with Crippen LogP contribution in [0.5, 0.6) is 0 Å². The maximum atomic E-state index is 5.55. The number of anilines is 1. The lowest BCUT2D eigenvalue weighted by molar-refractivity contribution is 0.923. The third kappa shape index (κ3) is 4.72. The minimum absolute atomic E-state index is 0.691. The Kier molecular flexibility index (Phi) is 5.52. The Balaban J connectivity index is 2.18. The Labute approximate surface area is 132 Å². The zero-order chi connectivity index (χ0) is 15.1. The fourth-order valence-corrected chi connectivity index (χ4v) is 2.22. The summed E-state index contributed by atoms with van der Waals surface area (Å²) >= 11 is 5.55. The third-order valence-electron chi connectivity index (χ3n) is 3.04. The van der Waals surface area contributed by atoms with E-state index in [1.165, 1.54) is 5.56 Å². The molecule has 0 fully saturated rings. The van der Waals surface area contributed by atoms with E-state index in [0.717, 1.165) is 17.8 Å². The molecule has 108 valence electrons. The molecule has 3 heteroatoms. The molecule has 0 atom stereocenters. The van der Waals surface area contributed by atoms with E-state index >= 15 is 0 Å². The van der Waals surface area contributed by atoms with Gasteiger partial charge in [0.15, 0.2) is 5.11 Å². The predicted octanol–water partition coefficient (Wildman–Crippen LogP) is 4.14. The number of nitrogens with one attached hydrogen (secondary N) is 1. The molecule has 1 N–H and O–H groups in total. The van der Waals surface area contributed by atoms with Crippen LogP contribution in [0.4, 0.5) is 5.69 Å².